The number of alkyl halides is 3. The molecule has 1 aromatic rings. The van der Waals surface area contributed by atoms with E-state index in [1.165, 1.54) is 6.08 Å². The van der Waals surface area contributed by atoms with Gasteiger partial charge in [-0.2, -0.15) is 0 Å². The second kappa shape index (κ2) is 4.77. The molecule has 17 heavy (non-hydrogen) atoms. The van der Waals surface area contributed by atoms with E-state index in [1.54, 1.807) is 0 Å². The van der Waals surface area contributed by atoms with Crippen molar-refractivity contribution >= 4 is 46.8 Å². The maximum absolute atomic E-state index is 11.4. The lowest BCUT2D eigenvalue weighted by Gasteiger charge is -2.15. The Labute approximate surface area is 113 Å². The number of rotatable bonds is 1. The normalized spacial score (nSPS) is 22.4. The van der Waals surface area contributed by atoms with Gasteiger partial charge in [0.1, 0.15) is 0 Å². The van der Waals surface area contributed by atoms with Crippen molar-refractivity contribution in [2.45, 2.75) is 10.1 Å². The highest BCUT2D eigenvalue weighted by Crippen LogP contribution is 2.37. The Bertz CT molecular complexity index is 451. The number of halogens is 3. The number of benzene rings is 1. The van der Waals surface area contributed by atoms with Crippen LogP contribution in [0, 0.1) is 0 Å². The van der Waals surface area contributed by atoms with Crippen molar-refractivity contribution < 1.29 is 14.3 Å². The van der Waals surface area contributed by atoms with Crippen LogP contribution in [-0.4, -0.2) is 16.1 Å². The number of carbonyl (C=O) groups excluding carboxylic acids is 1. The van der Waals surface area contributed by atoms with Gasteiger partial charge in [0.25, 0.3) is 10.1 Å². The zero-order chi connectivity index (χ0) is 12.5. The summed E-state index contributed by atoms with van der Waals surface area (Å²) >= 11 is 16.7. The molecule has 0 spiro atoms. The minimum absolute atomic E-state index is 0.0209. The maximum atomic E-state index is 11.4. The highest BCUT2D eigenvalue weighted by Gasteiger charge is 2.44. The van der Waals surface area contributed by atoms with Gasteiger partial charge in [0.2, 0.25) is 5.76 Å². The predicted octanol–water partition coefficient (Wildman–Crippen LogP) is 3.30. The van der Waals surface area contributed by atoms with Crippen molar-refractivity contribution in [3.05, 3.63) is 41.7 Å². The monoisotopic (exact) mass is 292 g/mol. The fraction of sp³-hybridized carbons (Fsp3) is 0.182. The molecule has 3 nitrogen and oxygen atoms in total. The molecule has 1 unspecified atom stereocenters. The average Bonchev–Trinajstić information content (AvgIpc) is 2.62. The van der Waals surface area contributed by atoms with E-state index in [0.717, 1.165) is 5.56 Å². The van der Waals surface area contributed by atoms with Crippen LogP contribution in [0.4, 0.5) is 0 Å². The van der Waals surface area contributed by atoms with Crippen molar-refractivity contribution in [3.63, 3.8) is 0 Å². The summed E-state index contributed by atoms with van der Waals surface area (Å²) in [4.78, 5) is 11.4. The second-order valence-electron chi connectivity index (χ2n) is 3.32. The van der Waals surface area contributed by atoms with Gasteiger partial charge < -0.3 is 9.47 Å². The van der Waals surface area contributed by atoms with E-state index >= 15 is 0 Å². The van der Waals surface area contributed by atoms with Crippen LogP contribution in [0.5, 0.6) is 0 Å². The Morgan fingerprint density at radius 1 is 1.12 bits per heavy atom. The first-order valence-corrected chi connectivity index (χ1v) is 5.81. The number of carbonyl (C=O) groups is 1. The third-order valence-electron chi connectivity index (χ3n) is 2.01. The molecule has 1 heterocycles. The Morgan fingerprint density at radius 2 is 1.76 bits per heavy atom. The van der Waals surface area contributed by atoms with Crippen molar-refractivity contribution in [2.75, 3.05) is 0 Å². The summed E-state index contributed by atoms with van der Waals surface area (Å²) in [5.74, 6) is -0.627. The van der Waals surface area contributed by atoms with Gasteiger partial charge in [-0.15, -0.1) is 0 Å². The van der Waals surface area contributed by atoms with E-state index < -0.39 is 16.1 Å². The van der Waals surface area contributed by atoms with Gasteiger partial charge in [-0.1, -0.05) is 65.1 Å². The Morgan fingerprint density at radius 3 is 2.29 bits per heavy atom. The molecule has 0 N–H and O–H groups in total. The Kier molecular flexibility index (Phi) is 3.52. The van der Waals surface area contributed by atoms with E-state index in [0.29, 0.717) is 0 Å². The minimum Gasteiger partial charge on any atom is -0.443 e. The van der Waals surface area contributed by atoms with Gasteiger partial charge in [0.15, 0.2) is 0 Å². The molecule has 1 fully saturated rings. The lowest BCUT2D eigenvalue weighted by Crippen LogP contribution is -2.26. The third kappa shape index (κ3) is 3.06. The fourth-order valence-corrected chi connectivity index (χ4v) is 1.54. The van der Waals surface area contributed by atoms with E-state index in [1.807, 2.05) is 30.3 Å². The van der Waals surface area contributed by atoms with Crippen molar-refractivity contribution in [1.82, 2.24) is 0 Å². The molecule has 1 aliphatic rings. The second-order valence-corrected chi connectivity index (χ2v) is 5.68. The summed E-state index contributed by atoms with van der Waals surface area (Å²) in [7, 11) is 0. The molecule has 0 saturated carbocycles. The quantitative estimate of drug-likeness (QED) is 0.453. The summed E-state index contributed by atoms with van der Waals surface area (Å²) in [6, 6.07) is 9.15. The van der Waals surface area contributed by atoms with Gasteiger partial charge in [-0.05, 0) is 11.6 Å². The van der Waals surface area contributed by atoms with Crippen LogP contribution < -0.4 is 0 Å². The maximum Gasteiger partial charge on any atom is 0.377 e. The van der Waals surface area contributed by atoms with E-state index in [2.05, 4.69) is 0 Å². The highest BCUT2D eigenvalue weighted by atomic mass is 35.6. The molecular weight excluding hydrogens is 286 g/mol. The Hall–Kier alpha value is -0.900. The standard InChI is InChI=1S/C11H7Cl3O3/c12-11(13,14)10-16-8(9(15)17-10)6-7-4-2-1-3-5-7/h1-6,10H/b8-6-. The summed E-state index contributed by atoms with van der Waals surface area (Å²) in [6.07, 6.45) is 0.314. The molecule has 0 bridgehead atoms. The van der Waals surface area contributed by atoms with Crippen LogP contribution in [0.2, 0.25) is 0 Å². The largest absolute Gasteiger partial charge is 0.443 e. The number of hydrogen-bond donors (Lipinski definition) is 0. The van der Waals surface area contributed by atoms with Gasteiger partial charge >= 0.3 is 5.97 Å². The van der Waals surface area contributed by atoms with Crippen molar-refractivity contribution in [1.29, 1.82) is 0 Å². The number of ether oxygens (including phenoxy) is 2. The van der Waals surface area contributed by atoms with Gasteiger partial charge in [-0.3, -0.25) is 0 Å². The van der Waals surface area contributed by atoms with Gasteiger partial charge in [0, 0.05) is 0 Å². The summed E-state index contributed by atoms with van der Waals surface area (Å²) in [5, 5.41) is 0. The van der Waals surface area contributed by atoms with Gasteiger partial charge in [-0.25, -0.2) is 4.79 Å². The molecule has 0 radical (unpaired) electrons. The van der Waals surface area contributed by atoms with Crippen LogP contribution in [0.25, 0.3) is 6.08 Å². The van der Waals surface area contributed by atoms with E-state index in [-0.39, 0.29) is 5.76 Å². The molecule has 0 aromatic heterocycles. The van der Waals surface area contributed by atoms with Crippen molar-refractivity contribution in [2.24, 2.45) is 0 Å². The Balaban J connectivity index is 2.19. The molecule has 0 aliphatic carbocycles. The SMILES string of the molecule is O=C1OC(C(Cl)(Cl)Cl)O/C1=C\c1ccccc1. The fourth-order valence-electron chi connectivity index (χ4n) is 1.27. The third-order valence-corrected chi connectivity index (χ3v) is 2.55. The smallest absolute Gasteiger partial charge is 0.377 e. The van der Waals surface area contributed by atoms with E-state index in [9.17, 15) is 4.79 Å². The number of hydrogen-bond acceptors (Lipinski definition) is 3. The minimum atomic E-state index is -1.80. The summed E-state index contributed by atoms with van der Waals surface area (Å²) in [6.45, 7) is 0. The van der Waals surface area contributed by atoms with Crippen LogP contribution in [0.1, 0.15) is 5.56 Å². The molecular formula is C11H7Cl3O3. The first kappa shape index (κ1) is 12.6. The molecule has 6 heteroatoms. The average molecular weight is 294 g/mol. The molecule has 1 atom stereocenters. The molecule has 1 aliphatic heterocycles. The number of cyclic esters (lactones) is 1. The molecule has 2 rings (SSSR count). The summed E-state index contributed by atoms with van der Waals surface area (Å²) in [5.41, 5.74) is 0.796. The predicted molar refractivity (Wildman–Crippen MR) is 65.7 cm³/mol. The van der Waals surface area contributed by atoms with Crippen LogP contribution in [0.3, 0.4) is 0 Å². The zero-order valence-electron chi connectivity index (χ0n) is 8.40. The van der Waals surface area contributed by atoms with Crippen LogP contribution in [0.15, 0.2) is 36.1 Å². The lowest BCUT2D eigenvalue weighted by atomic mass is 10.2. The zero-order valence-corrected chi connectivity index (χ0v) is 10.7. The van der Waals surface area contributed by atoms with Crippen LogP contribution >= 0.6 is 34.8 Å². The topological polar surface area (TPSA) is 35.5 Å². The van der Waals surface area contributed by atoms with Crippen LogP contribution in [-0.2, 0) is 14.3 Å². The highest BCUT2D eigenvalue weighted by molar-refractivity contribution is 6.68. The lowest BCUT2D eigenvalue weighted by molar-refractivity contribution is -0.142. The van der Waals surface area contributed by atoms with Crippen molar-refractivity contribution in [3.8, 4) is 0 Å². The molecule has 90 valence electrons. The number of esters is 1. The van der Waals surface area contributed by atoms with E-state index in [4.69, 9.17) is 44.3 Å². The first-order chi connectivity index (χ1) is 7.97. The first-order valence-electron chi connectivity index (χ1n) is 4.68. The molecule has 1 aromatic carbocycles. The van der Waals surface area contributed by atoms with Gasteiger partial charge in [0.05, 0.1) is 0 Å². The molecule has 1 saturated heterocycles. The summed E-state index contributed by atoms with van der Waals surface area (Å²) < 4.78 is 8.12. The molecule has 0 amide bonds.